The quantitative estimate of drug-likeness (QED) is 0.716. The molecule has 1 aromatic carbocycles. The molecule has 0 aliphatic carbocycles. The van der Waals surface area contributed by atoms with Crippen molar-refractivity contribution in [3.8, 4) is 11.4 Å². The molecule has 0 saturated carbocycles. The highest BCUT2D eigenvalue weighted by molar-refractivity contribution is 8.00. The molecular formula is C15H15N5O2S. The molecule has 0 spiro atoms. The van der Waals surface area contributed by atoms with Gasteiger partial charge in [0, 0.05) is 5.39 Å². The molecule has 7 nitrogen and oxygen atoms in total. The maximum atomic E-state index is 11.1. The van der Waals surface area contributed by atoms with Gasteiger partial charge in [0.15, 0.2) is 0 Å². The zero-order valence-corrected chi connectivity index (χ0v) is 13.5. The zero-order chi connectivity index (χ0) is 16.4. The van der Waals surface area contributed by atoms with Crippen LogP contribution in [0.25, 0.3) is 16.6 Å². The molecule has 2 N–H and O–H groups in total. The molecule has 3 rings (SSSR count). The van der Waals surface area contributed by atoms with Crippen LogP contribution in [0.1, 0.15) is 5.69 Å². The van der Waals surface area contributed by atoms with E-state index >= 15 is 0 Å². The summed E-state index contributed by atoms with van der Waals surface area (Å²) >= 11 is 1.24. The highest BCUT2D eigenvalue weighted by atomic mass is 32.2. The van der Waals surface area contributed by atoms with Crippen LogP contribution in [-0.4, -0.2) is 38.7 Å². The highest BCUT2D eigenvalue weighted by Crippen LogP contribution is 2.31. The number of aromatic nitrogens is 4. The van der Waals surface area contributed by atoms with E-state index in [4.69, 9.17) is 10.5 Å². The van der Waals surface area contributed by atoms with Crippen LogP contribution in [0.2, 0.25) is 0 Å². The van der Waals surface area contributed by atoms with Crippen LogP contribution in [-0.2, 0) is 4.79 Å². The van der Waals surface area contributed by atoms with Gasteiger partial charge in [-0.3, -0.25) is 4.79 Å². The van der Waals surface area contributed by atoms with Crippen molar-refractivity contribution in [1.29, 1.82) is 0 Å². The first-order valence-corrected chi connectivity index (χ1v) is 7.86. The van der Waals surface area contributed by atoms with Gasteiger partial charge < -0.3 is 10.5 Å². The number of methoxy groups -OCH3 is 1. The van der Waals surface area contributed by atoms with Crippen molar-refractivity contribution in [3.63, 3.8) is 0 Å². The number of amides is 1. The van der Waals surface area contributed by atoms with Crippen molar-refractivity contribution in [1.82, 2.24) is 20.0 Å². The number of nitrogens with zero attached hydrogens (tertiary/aromatic N) is 4. The van der Waals surface area contributed by atoms with Crippen molar-refractivity contribution >= 4 is 28.6 Å². The molecule has 2 aromatic heterocycles. The number of fused-ring (bicyclic) bond motifs is 1. The maximum Gasteiger partial charge on any atom is 0.227 e. The topological polar surface area (TPSA) is 95.9 Å². The fraction of sp³-hybridized carbons (Fsp3) is 0.200. The third-order valence-electron chi connectivity index (χ3n) is 3.32. The van der Waals surface area contributed by atoms with Crippen LogP contribution in [0.3, 0.4) is 0 Å². The van der Waals surface area contributed by atoms with E-state index in [9.17, 15) is 4.79 Å². The third-order valence-corrected chi connectivity index (χ3v) is 4.29. The van der Waals surface area contributed by atoms with E-state index < -0.39 is 5.91 Å². The first kappa shape index (κ1) is 15.3. The number of hydrogen-bond donors (Lipinski definition) is 1. The number of carbonyl (C=O) groups excluding carboxylic acids is 1. The van der Waals surface area contributed by atoms with Crippen molar-refractivity contribution in [2.75, 3.05) is 12.9 Å². The zero-order valence-electron chi connectivity index (χ0n) is 12.7. The van der Waals surface area contributed by atoms with Gasteiger partial charge in [0.05, 0.1) is 24.8 Å². The SMILES string of the molecule is COc1ccccc1-n1ncc2c(C)nnc(SCC(N)=O)c21. The molecule has 118 valence electrons. The highest BCUT2D eigenvalue weighted by Gasteiger charge is 2.17. The molecule has 0 bridgehead atoms. The third kappa shape index (κ3) is 2.85. The van der Waals surface area contributed by atoms with Crippen molar-refractivity contribution in [2.45, 2.75) is 11.9 Å². The van der Waals surface area contributed by atoms with Gasteiger partial charge in [-0.15, -0.1) is 5.10 Å². The van der Waals surface area contributed by atoms with Crippen molar-refractivity contribution in [2.24, 2.45) is 5.73 Å². The van der Waals surface area contributed by atoms with E-state index in [-0.39, 0.29) is 5.75 Å². The smallest absolute Gasteiger partial charge is 0.227 e. The lowest BCUT2D eigenvalue weighted by Crippen LogP contribution is -2.13. The Hall–Kier alpha value is -2.61. The Balaban J connectivity index is 2.21. The Morgan fingerprint density at radius 2 is 2.13 bits per heavy atom. The Labute approximate surface area is 136 Å². The number of hydrogen-bond acceptors (Lipinski definition) is 6. The summed E-state index contributed by atoms with van der Waals surface area (Å²) in [6.45, 7) is 1.87. The summed E-state index contributed by atoms with van der Waals surface area (Å²) in [4.78, 5) is 11.1. The maximum absolute atomic E-state index is 11.1. The fourth-order valence-electron chi connectivity index (χ4n) is 2.26. The number of rotatable bonds is 5. The summed E-state index contributed by atoms with van der Waals surface area (Å²) in [6.07, 6.45) is 1.74. The van der Waals surface area contributed by atoms with E-state index in [1.165, 1.54) is 11.8 Å². The van der Waals surface area contributed by atoms with Crippen LogP contribution in [0.4, 0.5) is 0 Å². The van der Waals surface area contributed by atoms with E-state index in [1.54, 1.807) is 18.0 Å². The summed E-state index contributed by atoms with van der Waals surface area (Å²) in [5.74, 6) is 0.413. The lowest BCUT2D eigenvalue weighted by atomic mass is 10.2. The molecule has 23 heavy (non-hydrogen) atoms. The minimum Gasteiger partial charge on any atom is -0.494 e. The molecule has 3 aromatic rings. The minimum atomic E-state index is -0.408. The summed E-state index contributed by atoms with van der Waals surface area (Å²) in [5, 5.41) is 14.3. The van der Waals surface area contributed by atoms with Crippen molar-refractivity contribution < 1.29 is 9.53 Å². The Kier molecular flexibility index (Phi) is 4.16. The largest absolute Gasteiger partial charge is 0.494 e. The minimum absolute atomic E-state index is 0.129. The second kappa shape index (κ2) is 6.25. The molecule has 1 amide bonds. The Morgan fingerprint density at radius 1 is 1.35 bits per heavy atom. The Morgan fingerprint density at radius 3 is 2.87 bits per heavy atom. The van der Waals surface area contributed by atoms with Crippen LogP contribution in [0.5, 0.6) is 5.75 Å². The first-order chi connectivity index (χ1) is 11.1. The second-order valence-electron chi connectivity index (χ2n) is 4.84. The molecule has 0 unspecified atom stereocenters. The van der Waals surface area contributed by atoms with Gasteiger partial charge in [0.25, 0.3) is 0 Å². The average molecular weight is 329 g/mol. The summed E-state index contributed by atoms with van der Waals surface area (Å²) in [7, 11) is 1.61. The van der Waals surface area contributed by atoms with Gasteiger partial charge in [0.1, 0.15) is 22.0 Å². The van der Waals surface area contributed by atoms with Gasteiger partial charge in [-0.05, 0) is 19.1 Å². The second-order valence-corrected chi connectivity index (χ2v) is 5.80. The van der Waals surface area contributed by atoms with E-state index in [2.05, 4.69) is 15.3 Å². The van der Waals surface area contributed by atoms with Crippen LogP contribution >= 0.6 is 11.8 Å². The summed E-state index contributed by atoms with van der Waals surface area (Å²) in [5.41, 5.74) is 7.58. The van der Waals surface area contributed by atoms with Gasteiger partial charge in [0.2, 0.25) is 5.91 Å². The van der Waals surface area contributed by atoms with Gasteiger partial charge >= 0.3 is 0 Å². The molecule has 0 aliphatic heterocycles. The number of benzene rings is 1. The van der Waals surface area contributed by atoms with Gasteiger partial charge in [-0.1, -0.05) is 23.9 Å². The van der Waals surface area contributed by atoms with Crippen molar-refractivity contribution in [3.05, 3.63) is 36.2 Å². The molecule has 0 radical (unpaired) electrons. The standard InChI is InChI=1S/C15H15N5O2S/c1-9-10-7-17-20(11-5-3-4-6-12(11)22-2)14(10)15(19-18-9)23-8-13(16)21/h3-7H,8H2,1-2H3,(H2,16,21). The molecular weight excluding hydrogens is 314 g/mol. The number of ether oxygens (including phenoxy) is 1. The molecule has 0 aliphatic rings. The number of para-hydroxylation sites is 2. The van der Waals surface area contributed by atoms with Gasteiger partial charge in [-0.2, -0.15) is 10.2 Å². The molecule has 0 fully saturated rings. The number of aryl methyl sites for hydroxylation is 1. The summed E-state index contributed by atoms with van der Waals surface area (Å²) in [6, 6.07) is 7.56. The number of carbonyl (C=O) groups is 1. The van der Waals surface area contributed by atoms with Gasteiger partial charge in [-0.25, -0.2) is 4.68 Å². The normalized spacial score (nSPS) is 10.9. The molecule has 2 heterocycles. The predicted molar refractivity (Wildman–Crippen MR) is 87.9 cm³/mol. The monoisotopic (exact) mass is 329 g/mol. The predicted octanol–water partition coefficient (Wildman–Crippen LogP) is 1.71. The molecule has 0 saturated heterocycles. The number of thioether (sulfide) groups is 1. The Bertz CT molecular complexity index is 877. The molecule has 8 heteroatoms. The fourth-order valence-corrected chi connectivity index (χ4v) is 2.98. The lowest BCUT2D eigenvalue weighted by molar-refractivity contribution is -0.115. The van der Waals surface area contributed by atoms with E-state index in [0.29, 0.717) is 10.8 Å². The molecule has 0 atom stereocenters. The van der Waals surface area contributed by atoms with Crippen LogP contribution < -0.4 is 10.5 Å². The van der Waals surface area contributed by atoms with E-state index in [1.807, 2.05) is 31.2 Å². The lowest BCUT2D eigenvalue weighted by Gasteiger charge is -2.10. The number of nitrogens with two attached hydrogens (primary N) is 1. The van der Waals surface area contributed by atoms with Crippen LogP contribution in [0.15, 0.2) is 35.5 Å². The summed E-state index contributed by atoms with van der Waals surface area (Å²) < 4.78 is 7.16. The first-order valence-electron chi connectivity index (χ1n) is 6.87. The van der Waals surface area contributed by atoms with Crippen LogP contribution in [0, 0.1) is 6.92 Å². The number of primary amides is 1. The average Bonchev–Trinajstić information content (AvgIpc) is 3.00. The van der Waals surface area contributed by atoms with E-state index in [0.717, 1.165) is 22.3 Å².